The van der Waals surface area contributed by atoms with E-state index in [4.69, 9.17) is 33.0 Å². The molecule has 1 aromatic carbocycles. The predicted octanol–water partition coefficient (Wildman–Crippen LogP) is 2.08. The van der Waals surface area contributed by atoms with Gasteiger partial charge in [-0.25, -0.2) is 4.98 Å². The normalized spacial score (nSPS) is 17.4. The number of fused-ring (bicyclic) bond motifs is 1. The number of benzene rings is 1. The van der Waals surface area contributed by atoms with Crippen molar-refractivity contribution in [2.75, 3.05) is 62.3 Å². The van der Waals surface area contributed by atoms with Gasteiger partial charge in [0.25, 0.3) is 11.7 Å². The van der Waals surface area contributed by atoms with Crippen LogP contribution in [0.25, 0.3) is 17.0 Å². The summed E-state index contributed by atoms with van der Waals surface area (Å²) in [4.78, 5) is 26.0. The fourth-order valence-corrected chi connectivity index (χ4v) is 4.34. The number of carbonyl (C=O) groups is 1. The summed E-state index contributed by atoms with van der Waals surface area (Å²) in [5, 5.41) is 4.72. The van der Waals surface area contributed by atoms with E-state index < -0.39 is 4.84 Å². The standard InChI is InChI=1S/C21H23Cl2N7O2/c22-18(23)19(31)28-7-9-29(10-8-28)21-25-20-24-6-5-17(30(20)26-21)15-1-3-16(4-2-15)27-11-13-32-14-12-27/h1-6,18H,7-14H2. The maximum Gasteiger partial charge on any atom is 0.255 e. The zero-order valence-electron chi connectivity index (χ0n) is 17.4. The van der Waals surface area contributed by atoms with Crippen molar-refractivity contribution >= 4 is 46.5 Å². The van der Waals surface area contributed by atoms with Crippen LogP contribution in [0.3, 0.4) is 0 Å². The minimum atomic E-state index is -1.03. The highest BCUT2D eigenvalue weighted by Crippen LogP contribution is 2.25. The molecule has 2 aliphatic rings. The number of halogens is 2. The van der Waals surface area contributed by atoms with Crippen LogP contribution in [0.2, 0.25) is 0 Å². The summed E-state index contributed by atoms with van der Waals surface area (Å²) in [7, 11) is 0. The molecule has 32 heavy (non-hydrogen) atoms. The molecule has 0 N–H and O–H groups in total. The lowest BCUT2D eigenvalue weighted by Crippen LogP contribution is -2.50. The Morgan fingerprint density at radius 1 is 0.938 bits per heavy atom. The highest BCUT2D eigenvalue weighted by Gasteiger charge is 2.27. The second-order valence-corrected chi connectivity index (χ2v) is 8.81. The Bertz CT molecular complexity index is 1090. The number of amides is 1. The van der Waals surface area contributed by atoms with E-state index in [0.717, 1.165) is 37.6 Å². The van der Waals surface area contributed by atoms with Gasteiger partial charge in [0.15, 0.2) is 4.84 Å². The van der Waals surface area contributed by atoms with Crippen molar-refractivity contribution in [1.29, 1.82) is 0 Å². The molecule has 2 aliphatic heterocycles. The van der Waals surface area contributed by atoms with Gasteiger partial charge in [0, 0.05) is 56.7 Å². The first-order valence-electron chi connectivity index (χ1n) is 10.6. The van der Waals surface area contributed by atoms with Crippen molar-refractivity contribution in [2.24, 2.45) is 0 Å². The summed E-state index contributed by atoms with van der Waals surface area (Å²) >= 11 is 11.4. The van der Waals surface area contributed by atoms with Gasteiger partial charge >= 0.3 is 0 Å². The average Bonchev–Trinajstić information content (AvgIpc) is 3.29. The first-order chi connectivity index (χ1) is 15.6. The van der Waals surface area contributed by atoms with Crippen LogP contribution in [0.5, 0.6) is 0 Å². The predicted molar refractivity (Wildman–Crippen MR) is 124 cm³/mol. The Hall–Kier alpha value is -2.62. The summed E-state index contributed by atoms with van der Waals surface area (Å²) in [5.41, 5.74) is 3.14. The van der Waals surface area contributed by atoms with Crippen LogP contribution >= 0.6 is 23.2 Å². The molecule has 1 amide bonds. The molecule has 0 bridgehead atoms. The second-order valence-electron chi connectivity index (χ2n) is 7.71. The van der Waals surface area contributed by atoms with Gasteiger partial charge in [-0.15, -0.1) is 5.10 Å². The number of nitrogens with zero attached hydrogens (tertiary/aromatic N) is 7. The number of carbonyl (C=O) groups excluding carboxylic acids is 1. The Morgan fingerprint density at radius 2 is 1.66 bits per heavy atom. The first-order valence-corrected chi connectivity index (χ1v) is 11.4. The lowest BCUT2D eigenvalue weighted by molar-refractivity contribution is -0.129. The van der Waals surface area contributed by atoms with E-state index in [9.17, 15) is 4.79 Å². The number of alkyl halides is 2. The van der Waals surface area contributed by atoms with E-state index in [1.165, 1.54) is 5.69 Å². The van der Waals surface area contributed by atoms with Crippen LogP contribution < -0.4 is 9.80 Å². The minimum absolute atomic E-state index is 0.263. The van der Waals surface area contributed by atoms with E-state index in [0.29, 0.717) is 37.9 Å². The Kier molecular flexibility index (Phi) is 6.03. The largest absolute Gasteiger partial charge is 0.378 e. The van der Waals surface area contributed by atoms with Gasteiger partial charge in [-0.3, -0.25) is 4.79 Å². The van der Waals surface area contributed by atoms with E-state index in [-0.39, 0.29) is 5.91 Å². The quantitative estimate of drug-likeness (QED) is 0.534. The number of rotatable bonds is 4. The maximum absolute atomic E-state index is 12.0. The minimum Gasteiger partial charge on any atom is -0.378 e. The van der Waals surface area contributed by atoms with Crippen molar-refractivity contribution in [2.45, 2.75) is 4.84 Å². The van der Waals surface area contributed by atoms with Crippen molar-refractivity contribution in [1.82, 2.24) is 24.5 Å². The van der Waals surface area contributed by atoms with Gasteiger partial charge in [-0.1, -0.05) is 35.3 Å². The lowest BCUT2D eigenvalue weighted by Gasteiger charge is -2.34. The van der Waals surface area contributed by atoms with Crippen LogP contribution in [0.1, 0.15) is 0 Å². The van der Waals surface area contributed by atoms with Crippen LogP contribution in [-0.4, -0.2) is 87.7 Å². The third kappa shape index (κ3) is 4.20. The molecule has 168 valence electrons. The fourth-order valence-electron chi connectivity index (χ4n) is 4.07. The van der Waals surface area contributed by atoms with Gasteiger partial charge in [-0.2, -0.15) is 9.50 Å². The molecule has 5 rings (SSSR count). The van der Waals surface area contributed by atoms with Gasteiger partial charge in [0.2, 0.25) is 5.95 Å². The van der Waals surface area contributed by atoms with E-state index >= 15 is 0 Å². The number of morpholine rings is 1. The van der Waals surface area contributed by atoms with Gasteiger partial charge in [-0.05, 0) is 18.2 Å². The Morgan fingerprint density at radius 3 is 2.34 bits per heavy atom. The SMILES string of the molecule is O=C(C(Cl)Cl)N1CCN(c2nc3nccc(-c4ccc(N5CCOCC5)cc4)n3n2)CC1. The molecule has 0 atom stereocenters. The molecule has 0 radical (unpaired) electrons. The van der Waals surface area contributed by atoms with Crippen LogP contribution in [0.15, 0.2) is 36.5 Å². The van der Waals surface area contributed by atoms with Crippen molar-refractivity contribution in [3.05, 3.63) is 36.5 Å². The molecule has 0 aliphatic carbocycles. The molecule has 4 heterocycles. The third-order valence-corrected chi connectivity index (χ3v) is 6.20. The maximum atomic E-state index is 12.0. The van der Waals surface area contributed by atoms with Crippen molar-refractivity contribution in [3.63, 3.8) is 0 Å². The molecule has 0 unspecified atom stereocenters. The Labute approximate surface area is 195 Å². The van der Waals surface area contributed by atoms with E-state index in [1.807, 2.05) is 11.0 Å². The van der Waals surface area contributed by atoms with E-state index in [1.54, 1.807) is 15.6 Å². The lowest BCUT2D eigenvalue weighted by atomic mass is 10.1. The molecule has 0 saturated carbocycles. The zero-order valence-corrected chi connectivity index (χ0v) is 18.9. The molecule has 2 aromatic heterocycles. The van der Waals surface area contributed by atoms with Crippen molar-refractivity contribution in [3.8, 4) is 11.3 Å². The summed E-state index contributed by atoms with van der Waals surface area (Å²) in [6.07, 6.45) is 1.75. The van der Waals surface area contributed by atoms with Crippen molar-refractivity contribution < 1.29 is 9.53 Å². The topological polar surface area (TPSA) is 79.1 Å². The molecular formula is C21H23Cl2N7O2. The number of hydrogen-bond acceptors (Lipinski definition) is 7. The Balaban J connectivity index is 1.35. The molecular weight excluding hydrogens is 453 g/mol. The van der Waals surface area contributed by atoms with E-state index in [2.05, 4.69) is 39.1 Å². The number of ether oxygens (including phenoxy) is 1. The van der Waals surface area contributed by atoms with Crippen LogP contribution in [0.4, 0.5) is 11.6 Å². The molecule has 9 nitrogen and oxygen atoms in total. The number of anilines is 2. The van der Waals surface area contributed by atoms with Crippen LogP contribution in [-0.2, 0) is 9.53 Å². The molecule has 3 aromatic rings. The molecule has 2 fully saturated rings. The monoisotopic (exact) mass is 475 g/mol. The zero-order chi connectivity index (χ0) is 22.1. The number of hydrogen-bond donors (Lipinski definition) is 0. The molecule has 0 spiro atoms. The summed E-state index contributed by atoms with van der Waals surface area (Å²) in [6.45, 7) is 5.58. The highest BCUT2D eigenvalue weighted by atomic mass is 35.5. The van der Waals surface area contributed by atoms with Gasteiger partial charge < -0.3 is 19.4 Å². The summed E-state index contributed by atoms with van der Waals surface area (Å²) in [6, 6.07) is 10.4. The first kappa shape index (κ1) is 21.2. The van der Waals surface area contributed by atoms with Gasteiger partial charge in [0.1, 0.15) is 0 Å². The molecule has 2 saturated heterocycles. The summed E-state index contributed by atoms with van der Waals surface area (Å²) in [5.74, 6) is 0.866. The molecule has 11 heteroatoms. The smallest absolute Gasteiger partial charge is 0.255 e. The number of piperazine rings is 1. The highest BCUT2D eigenvalue weighted by molar-refractivity contribution is 6.53. The second kappa shape index (κ2) is 9.09. The third-order valence-electron chi connectivity index (χ3n) is 5.83. The van der Waals surface area contributed by atoms with Crippen LogP contribution in [0, 0.1) is 0 Å². The fraction of sp³-hybridized carbons (Fsp3) is 0.429. The number of aromatic nitrogens is 4. The average molecular weight is 476 g/mol. The summed E-state index contributed by atoms with van der Waals surface area (Å²) < 4.78 is 7.21. The van der Waals surface area contributed by atoms with Gasteiger partial charge in [0.05, 0.1) is 18.9 Å².